The summed E-state index contributed by atoms with van der Waals surface area (Å²) in [5.41, 5.74) is 0. The zero-order valence-corrected chi connectivity index (χ0v) is 15.8. The molecule has 3 heteroatoms. The maximum absolute atomic E-state index is 10.1. The number of hydrogen-bond acceptors (Lipinski definition) is 3. The summed E-state index contributed by atoms with van der Waals surface area (Å²) in [6, 6.07) is 0. The Balaban J connectivity index is 1.83. The first kappa shape index (κ1) is 20.9. The molecule has 0 aliphatic carbocycles. The summed E-state index contributed by atoms with van der Waals surface area (Å²) in [5, 5.41) is 10.1. The second-order valence-electron chi connectivity index (χ2n) is 7.61. The van der Waals surface area contributed by atoms with E-state index in [0.717, 1.165) is 12.8 Å². The maximum atomic E-state index is 10.1. The Morgan fingerprint density at radius 2 is 1.35 bits per heavy atom. The highest BCUT2D eigenvalue weighted by molar-refractivity contribution is 4.77. The molecule has 1 aliphatic heterocycles. The van der Waals surface area contributed by atoms with Crippen molar-refractivity contribution in [2.75, 3.05) is 6.61 Å². The van der Waals surface area contributed by atoms with E-state index >= 15 is 0 Å². The van der Waals surface area contributed by atoms with Crippen LogP contribution in [0, 0.1) is 0 Å². The van der Waals surface area contributed by atoms with Gasteiger partial charge >= 0.3 is 0 Å². The van der Waals surface area contributed by atoms with Crippen molar-refractivity contribution in [3.8, 4) is 0 Å². The zero-order valence-electron chi connectivity index (χ0n) is 15.8. The Labute approximate surface area is 144 Å². The Bertz CT molecular complexity index is 278. The van der Waals surface area contributed by atoms with Crippen molar-refractivity contribution in [1.82, 2.24) is 0 Å². The Kier molecular flexibility index (Phi) is 11.2. The molecule has 1 fully saturated rings. The van der Waals surface area contributed by atoms with Gasteiger partial charge < -0.3 is 14.6 Å². The normalized spacial score (nSPS) is 21.7. The average molecular weight is 329 g/mol. The van der Waals surface area contributed by atoms with Gasteiger partial charge in [0.2, 0.25) is 0 Å². The maximum Gasteiger partial charge on any atom is 0.163 e. The predicted octanol–water partition coefficient (Wildman–Crippen LogP) is 5.59. The van der Waals surface area contributed by atoms with E-state index in [1.807, 2.05) is 13.8 Å². The molecule has 2 atom stereocenters. The zero-order chi connectivity index (χ0) is 17.0. The van der Waals surface area contributed by atoms with E-state index in [1.165, 1.54) is 70.6 Å². The second-order valence-corrected chi connectivity index (χ2v) is 7.61. The molecule has 23 heavy (non-hydrogen) atoms. The fraction of sp³-hybridized carbons (Fsp3) is 1.00. The van der Waals surface area contributed by atoms with Crippen LogP contribution in [0.3, 0.4) is 0 Å². The van der Waals surface area contributed by atoms with Crippen LogP contribution in [-0.4, -0.2) is 29.7 Å². The van der Waals surface area contributed by atoms with Gasteiger partial charge in [0.05, 0.1) is 12.7 Å². The van der Waals surface area contributed by atoms with E-state index < -0.39 is 5.79 Å². The largest absolute Gasteiger partial charge is 0.390 e. The van der Waals surface area contributed by atoms with Gasteiger partial charge in [-0.15, -0.1) is 0 Å². The van der Waals surface area contributed by atoms with Crippen molar-refractivity contribution in [2.24, 2.45) is 0 Å². The molecule has 1 saturated heterocycles. The quantitative estimate of drug-likeness (QED) is 0.422. The molecule has 0 radical (unpaired) electrons. The number of aliphatic hydroxyl groups excluding tert-OH is 1. The van der Waals surface area contributed by atoms with Crippen LogP contribution >= 0.6 is 0 Å². The van der Waals surface area contributed by atoms with Crippen LogP contribution in [0.4, 0.5) is 0 Å². The van der Waals surface area contributed by atoms with Crippen LogP contribution in [-0.2, 0) is 9.47 Å². The predicted molar refractivity (Wildman–Crippen MR) is 96.6 cm³/mol. The minimum Gasteiger partial charge on any atom is -0.390 e. The molecule has 0 spiro atoms. The lowest BCUT2D eigenvalue weighted by molar-refractivity contribution is -0.151. The minimum atomic E-state index is -0.526. The molecule has 1 N–H and O–H groups in total. The number of aliphatic hydroxyl groups is 1. The van der Waals surface area contributed by atoms with Gasteiger partial charge in [0, 0.05) is 0 Å². The smallest absolute Gasteiger partial charge is 0.163 e. The SMILES string of the molecule is CCCCCCCCCCCCCC[C@H](O)[C@H]1COC(C)(C)O1. The molecule has 0 aromatic rings. The summed E-state index contributed by atoms with van der Waals surface area (Å²) in [6.45, 7) is 6.60. The van der Waals surface area contributed by atoms with E-state index in [0.29, 0.717) is 6.61 Å². The van der Waals surface area contributed by atoms with E-state index in [2.05, 4.69) is 6.92 Å². The highest BCUT2D eigenvalue weighted by Gasteiger charge is 2.36. The van der Waals surface area contributed by atoms with Crippen molar-refractivity contribution < 1.29 is 14.6 Å². The van der Waals surface area contributed by atoms with E-state index in [4.69, 9.17) is 9.47 Å². The van der Waals surface area contributed by atoms with Crippen molar-refractivity contribution in [3.05, 3.63) is 0 Å². The van der Waals surface area contributed by atoms with Crippen molar-refractivity contribution in [3.63, 3.8) is 0 Å². The van der Waals surface area contributed by atoms with Gasteiger partial charge in [-0.3, -0.25) is 0 Å². The van der Waals surface area contributed by atoms with Gasteiger partial charge in [-0.05, 0) is 20.3 Å². The van der Waals surface area contributed by atoms with Crippen molar-refractivity contribution in [1.29, 1.82) is 0 Å². The molecule has 3 nitrogen and oxygen atoms in total. The van der Waals surface area contributed by atoms with Crippen LogP contribution in [0.5, 0.6) is 0 Å². The fourth-order valence-electron chi connectivity index (χ4n) is 3.29. The first-order valence-electron chi connectivity index (χ1n) is 10.0. The lowest BCUT2D eigenvalue weighted by atomic mass is 10.0. The number of hydrogen-bond donors (Lipinski definition) is 1. The van der Waals surface area contributed by atoms with E-state index in [-0.39, 0.29) is 12.2 Å². The summed E-state index contributed by atoms with van der Waals surface area (Å²) in [6.07, 6.45) is 16.5. The monoisotopic (exact) mass is 328 g/mol. The average Bonchev–Trinajstić information content (AvgIpc) is 2.88. The van der Waals surface area contributed by atoms with Crippen LogP contribution in [0.1, 0.15) is 104 Å². The lowest BCUT2D eigenvalue weighted by Gasteiger charge is -2.20. The van der Waals surface area contributed by atoms with Gasteiger partial charge in [0.25, 0.3) is 0 Å². The van der Waals surface area contributed by atoms with Gasteiger partial charge in [-0.1, -0.05) is 84.0 Å². The molecular weight excluding hydrogens is 288 g/mol. The molecule has 0 saturated carbocycles. The summed E-state index contributed by atoms with van der Waals surface area (Å²) >= 11 is 0. The van der Waals surface area contributed by atoms with Gasteiger partial charge in [-0.2, -0.15) is 0 Å². The van der Waals surface area contributed by atoms with Crippen LogP contribution in [0.15, 0.2) is 0 Å². The number of rotatable bonds is 14. The molecule has 0 aromatic carbocycles. The van der Waals surface area contributed by atoms with Crippen molar-refractivity contribution in [2.45, 2.75) is 122 Å². The van der Waals surface area contributed by atoms with E-state index in [1.54, 1.807) is 0 Å². The molecule has 0 unspecified atom stereocenters. The third kappa shape index (κ3) is 10.4. The molecular formula is C20H40O3. The molecule has 1 heterocycles. The van der Waals surface area contributed by atoms with E-state index in [9.17, 15) is 5.11 Å². The highest BCUT2D eigenvalue weighted by atomic mass is 16.7. The standard InChI is InChI=1S/C20H40O3/c1-4-5-6-7-8-9-10-11-12-13-14-15-16-18(21)19-17-22-20(2,3)23-19/h18-19,21H,4-17H2,1-3H3/t18-,19+/m0/s1. The lowest BCUT2D eigenvalue weighted by Crippen LogP contribution is -2.30. The third-order valence-electron chi connectivity index (χ3n) is 4.81. The molecule has 0 amide bonds. The molecule has 1 rings (SSSR count). The second kappa shape index (κ2) is 12.3. The first-order chi connectivity index (χ1) is 11.0. The highest BCUT2D eigenvalue weighted by Crippen LogP contribution is 2.26. The van der Waals surface area contributed by atoms with Crippen molar-refractivity contribution >= 4 is 0 Å². The Morgan fingerprint density at radius 3 is 1.78 bits per heavy atom. The molecule has 1 aliphatic rings. The molecule has 0 bridgehead atoms. The fourth-order valence-corrected chi connectivity index (χ4v) is 3.29. The van der Waals surface area contributed by atoms with Gasteiger partial charge in [0.15, 0.2) is 5.79 Å². The Morgan fingerprint density at radius 1 is 0.870 bits per heavy atom. The molecule has 138 valence electrons. The van der Waals surface area contributed by atoms with Crippen LogP contribution in [0.25, 0.3) is 0 Å². The number of unbranched alkanes of at least 4 members (excludes halogenated alkanes) is 11. The molecule has 0 aromatic heterocycles. The van der Waals surface area contributed by atoms with Crippen LogP contribution < -0.4 is 0 Å². The summed E-state index contributed by atoms with van der Waals surface area (Å²) < 4.78 is 11.2. The summed E-state index contributed by atoms with van der Waals surface area (Å²) in [5.74, 6) is -0.526. The number of ether oxygens (including phenoxy) is 2. The summed E-state index contributed by atoms with van der Waals surface area (Å²) in [7, 11) is 0. The minimum absolute atomic E-state index is 0.141. The Hall–Kier alpha value is -0.120. The van der Waals surface area contributed by atoms with Gasteiger partial charge in [0.1, 0.15) is 6.10 Å². The van der Waals surface area contributed by atoms with Gasteiger partial charge in [-0.25, -0.2) is 0 Å². The first-order valence-corrected chi connectivity index (χ1v) is 10.0. The topological polar surface area (TPSA) is 38.7 Å². The summed E-state index contributed by atoms with van der Waals surface area (Å²) in [4.78, 5) is 0. The van der Waals surface area contributed by atoms with Crippen LogP contribution in [0.2, 0.25) is 0 Å². The third-order valence-corrected chi connectivity index (χ3v) is 4.81.